The molecule has 2 rings (SSSR count). The second kappa shape index (κ2) is 8.33. The van der Waals surface area contributed by atoms with Gasteiger partial charge in [0.1, 0.15) is 0 Å². The second-order valence-electron chi connectivity index (χ2n) is 6.28. The summed E-state index contributed by atoms with van der Waals surface area (Å²) in [4.78, 5) is 14.3. The molecule has 26 heavy (non-hydrogen) atoms. The van der Waals surface area contributed by atoms with Gasteiger partial charge < -0.3 is 10.2 Å². The first-order valence-electron chi connectivity index (χ1n) is 8.35. The number of rotatable bonds is 7. The third-order valence-electron chi connectivity index (χ3n) is 4.06. The molecule has 0 aliphatic carbocycles. The number of nitrogens with zero attached hydrogens (tertiary/aromatic N) is 1. The molecule has 0 saturated carbocycles. The van der Waals surface area contributed by atoms with Gasteiger partial charge in [0.15, 0.2) is 0 Å². The van der Waals surface area contributed by atoms with E-state index in [0.717, 1.165) is 11.1 Å². The van der Waals surface area contributed by atoms with Gasteiger partial charge in [0, 0.05) is 31.4 Å². The summed E-state index contributed by atoms with van der Waals surface area (Å²) in [5.41, 5.74) is 2.57. The largest absolute Gasteiger partial charge is 0.340 e. The zero-order valence-electron chi connectivity index (χ0n) is 15.5. The summed E-state index contributed by atoms with van der Waals surface area (Å²) < 4.78 is 28.0. The van der Waals surface area contributed by atoms with Crippen molar-refractivity contribution >= 4 is 21.6 Å². The van der Waals surface area contributed by atoms with Gasteiger partial charge in [0.2, 0.25) is 0 Å². The molecule has 0 fully saturated rings. The zero-order valence-corrected chi connectivity index (χ0v) is 16.4. The van der Waals surface area contributed by atoms with Crippen molar-refractivity contribution in [3.63, 3.8) is 0 Å². The Bertz CT molecular complexity index is 895. The molecular weight excluding hydrogens is 350 g/mol. The Morgan fingerprint density at radius 3 is 2.50 bits per heavy atom. The van der Waals surface area contributed by atoms with E-state index in [1.165, 1.54) is 12.1 Å². The van der Waals surface area contributed by atoms with Crippen molar-refractivity contribution in [2.75, 3.05) is 31.9 Å². The fourth-order valence-electron chi connectivity index (χ4n) is 2.51. The molecule has 7 heteroatoms. The molecule has 0 aromatic heterocycles. The van der Waals surface area contributed by atoms with Crippen LogP contribution in [0.2, 0.25) is 0 Å². The van der Waals surface area contributed by atoms with E-state index in [4.69, 9.17) is 0 Å². The lowest BCUT2D eigenvalue weighted by molar-refractivity contribution is 0.0796. The normalized spacial score (nSPS) is 11.2. The van der Waals surface area contributed by atoms with Gasteiger partial charge in [-0.3, -0.25) is 9.52 Å². The highest BCUT2D eigenvalue weighted by Crippen LogP contribution is 2.20. The van der Waals surface area contributed by atoms with Gasteiger partial charge in [-0.1, -0.05) is 18.2 Å². The van der Waals surface area contributed by atoms with E-state index in [-0.39, 0.29) is 10.8 Å². The average molecular weight is 375 g/mol. The molecule has 0 heterocycles. The number of anilines is 1. The SMILES string of the molecule is CNCCN(C)C(=O)c1cc(S(=O)(=O)Nc2cccc(C)c2)ccc1C. The maximum absolute atomic E-state index is 12.7. The monoisotopic (exact) mass is 375 g/mol. The number of hydrogen-bond acceptors (Lipinski definition) is 4. The Kier molecular flexibility index (Phi) is 6.39. The zero-order chi connectivity index (χ0) is 19.3. The predicted octanol–water partition coefficient (Wildman–Crippen LogP) is 2.40. The van der Waals surface area contributed by atoms with Crippen LogP contribution in [0.1, 0.15) is 21.5 Å². The minimum absolute atomic E-state index is 0.0648. The van der Waals surface area contributed by atoms with Crippen molar-refractivity contribution in [1.82, 2.24) is 10.2 Å². The van der Waals surface area contributed by atoms with Crippen LogP contribution in [0.25, 0.3) is 0 Å². The smallest absolute Gasteiger partial charge is 0.261 e. The first-order valence-corrected chi connectivity index (χ1v) is 9.83. The molecule has 0 spiro atoms. The standard InChI is InChI=1S/C19H25N3O3S/c1-14-6-5-7-16(12-14)21-26(24,25)17-9-8-15(2)18(13-17)19(23)22(4)11-10-20-3/h5-9,12-13,20-21H,10-11H2,1-4H3. The fraction of sp³-hybridized carbons (Fsp3) is 0.316. The van der Waals surface area contributed by atoms with Gasteiger partial charge in [-0.05, 0) is 56.3 Å². The second-order valence-corrected chi connectivity index (χ2v) is 7.96. The van der Waals surface area contributed by atoms with Crippen LogP contribution in [0, 0.1) is 13.8 Å². The number of sulfonamides is 1. The van der Waals surface area contributed by atoms with Crippen LogP contribution < -0.4 is 10.0 Å². The Morgan fingerprint density at radius 2 is 1.85 bits per heavy atom. The van der Waals surface area contributed by atoms with Crippen molar-refractivity contribution in [1.29, 1.82) is 0 Å². The lowest BCUT2D eigenvalue weighted by Crippen LogP contribution is -2.33. The minimum Gasteiger partial charge on any atom is -0.340 e. The number of benzene rings is 2. The molecule has 140 valence electrons. The van der Waals surface area contributed by atoms with E-state index in [1.807, 2.05) is 20.0 Å². The Morgan fingerprint density at radius 1 is 1.12 bits per heavy atom. The van der Waals surface area contributed by atoms with Crippen LogP contribution in [0.4, 0.5) is 5.69 Å². The first kappa shape index (κ1) is 19.9. The van der Waals surface area contributed by atoms with Crippen LogP contribution in [-0.4, -0.2) is 46.4 Å². The highest BCUT2D eigenvalue weighted by molar-refractivity contribution is 7.92. The molecule has 0 aliphatic rings. The quantitative estimate of drug-likeness (QED) is 0.779. The molecule has 0 radical (unpaired) electrons. The average Bonchev–Trinajstić information content (AvgIpc) is 2.58. The molecular formula is C19H25N3O3S. The third kappa shape index (κ3) is 4.83. The molecule has 2 N–H and O–H groups in total. The fourth-order valence-corrected chi connectivity index (χ4v) is 3.58. The van der Waals surface area contributed by atoms with E-state index in [9.17, 15) is 13.2 Å². The number of aryl methyl sites for hydroxylation is 2. The molecule has 0 unspecified atom stereocenters. The van der Waals surface area contributed by atoms with Gasteiger partial charge in [0.25, 0.3) is 15.9 Å². The topological polar surface area (TPSA) is 78.5 Å². The summed E-state index contributed by atoms with van der Waals surface area (Å²) >= 11 is 0. The van der Waals surface area contributed by atoms with Crippen molar-refractivity contribution in [2.45, 2.75) is 18.7 Å². The predicted molar refractivity (Wildman–Crippen MR) is 104 cm³/mol. The van der Waals surface area contributed by atoms with Crippen LogP contribution in [0.3, 0.4) is 0 Å². The van der Waals surface area contributed by atoms with Gasteiger partial charge in [-0.25, -0.2) is 8.42 Å². The lowest BCUT2D eigenvalue weighted by atomic mass is 10.1. The van der Waals surface area contributed by atoms with Crippen LogP contribution >= 0.6 is 0 Å². The highest BCUT2D eigenvalue weighted by Gasteiger charge is 2.20. The van der Waals surface area contributed by atoms with Crippen molar-refractivity contribution in [2.24, 2.45) is 0 Å². The highest BCUT2D eigenvalue weighted by atomic mass is 32.2. The first-order chi connectivity index (χ1) is 12.2. The molecule has 0 atom stereocenters. The van der Waals surface area contributed by atoms with Crippen molar-refractivity contribution in [3.05, 3.63) is 59.2 Å². The Labute approximate surface area is 155 Å². The maximum atomic E-state index is 12.7. The Balaban J connectivity index is 2.31. The summed E-state index contributed by atoms with van der Waals surface area (Å²) in [6.07, 6.45) is 0. The molecule has 0 aliphatic heterocycles. The van der Waals surface area contributed by atoms with E-state index < -0.39 is 10.0 Å². The summed E-state index contributed by atoms with van der Waals surface area (Å²) in [7, 11) is -0.266. The molecule has 1 amide bonds. The summed E-state index contributed by atoms with van der Waals surface area (Å²) in [6.45, 7) is 4.88. The molecule has 2 aromatic rings. The number of nitrogens with one attached hydrogen (secondary N) is 2. The number of carbonyl (C=O) groups excluding carboxylic acids is 1. The number of hydrogen-bond donors (Lipinski definition) is 2. The van der Waals surface area contributed by atoms with Gasteiger partial charge >= 0.3 is 0 Å². The number of amides is 1. The van der Waals surface area contributed by atoms with Crippen molar-refractivity contribution < 1.29 is 13.2 Å². The van der Waals surface area contributed by atoms with E-state index in [0.29, 0.717) is 24.3 Å². The van der Waals surface area contributed by atoms with E-state index in [2.05, 4.69) is 10.0 Å². The summed E-state index contributed by atoms with van der Waals surface area (Å²) in [5, 5.41) is 2.99. The molecule has 0 bridgehead atoms. The molecule has 0 saturated heterocycles. The van der Waals surface area contributed by atoms with Crippen LogP contribution in [0.15, 0.2) is 47.4 Å². The number of likely N-dealkylation sites (N-methyl/N-ethyl adjacent to an activating group) is 2. The van der Waals surface area contributed by atoms with Gasteiger partial charge in [0.05, 0.1) is 4.90 Å². The summed E-state index contributed by atoms with van der Waals surface area (Å²) in [6, 6.07) is 11.7. The van der Waals surface area contributed by atoms with Gasteiger partial charge in [-0.15, -0.1) is 0 Å². The number of carbonyl (C=O) groups is 1. The maximum Gasteiger partial charge on any atom is 0.261 e. The van der Waals surface area contributed by atoms with Crippen molar-refractivity contribution in [3.8, 4) is 0 Å². The summed E-state index contributed by atoms with van der Waals surface area (Å²) in [5.74, 6) is -0.203. The van der Waals surface area contributed by atoms with Crippen LogP contribution in [0.5, 0.6) is 0 Å². The molecule has 2 aromatic carbocycles. The van der Waals surface area contributed by atoms with Gasteiger partial charge in [-0.2, -0.15) is 0 Å². The van der Waals surface area contributed by atoms with E-state index in [1.54, 1.807) is 43.1 Å². The Hall–Kier alpha value is -2.38. The van der Waals surface area contributed by atoms with E-state index >= 15 is 0 Å². The third-order valence-corrected chi connectivity index (χ3v) is 5.44. The lowest BCUT2D eigenvalue weighted by Gasteiger charge is -2.19. The van der Waals surface area contributed by atoms with Crippen LogP contribution in [-0.2, 0) is 10.0 Å². The minimum atomic E-state index is -3.78. The molecule has 6 nitrogen and oxygen atoms in total.